The third-order valence-electron chi connectivity index (χ3n) is 4.39. The summed E-state index contributed by atoms with van der Waals surface area (Å²) < 4.78 is 18.1. The summed E-state index contributed by atoms with van der Waals surface area (Å²) in [5.41, 5.74) is 1.98. The number of benzene rings is 2. The maximum atomic E-state index is 13.6. The molecule has 1 heterocycles. The Morgan fingerprint density at radius 2 is 1.82 bits per heavy atom. The van der Waals surface area contributed by atoms with Gasteiger partial charge < -0.3 is 10.1 Å². The largest absolute Gasteiger partial charge is 0.464 e. The first-order chi connectivity index (χ1) is 13.3. The van der Waals surface area contributed by atoms with Gasteiger partial charge in [0, 0.05) is 5.56 Å². The number of carbonyl (C=O) groups is 3. The van der Waals surface area contributed by atoms with Crippen molar-refractivity contribution in [2.75, 3.05) is 7.11 Å². The molecular weight excluding hydrogens is 363 g/mol. The normalized spacial score (nSPS) is 12.4. The van der Waals surface area contributed by atoms with Gasteiger partial charge in [-0.15, -0.1) is 0 Å². The minimum absolute atomic E-state index is 0.0950. The van der Waals surface area contributed by atoms with Crippen LogP contribution in [-0.4, -0.2) is 29.8 Å². The molecule has 0 atom stereocenters. The molecule has 0 saturated carbocycles. The Bertz CT molecular complexity index is 1030. The number of rotatable bonds is 5. The molecule has 2 amide bonds. The molecule has 0 unspecified atom stereocenters. The van der Waals surface area contributed by atoms with E-state index in [4.69, 9.17) is 0 Å². The highest BCUT2D eigenvalue weighted by Gasteiger charge is 2.33. The lowest BCUT2D eigenvalue weighted by atomic mass is 9.97. The highest BCUT2D eigenvalue weighted by molar-refractivity contribution is 6.07. The van der Waals surface area contributed by atoms with E-state index in [1.807, 2.05) is 0 Å². The summed E-state index contributed by atoms with van der Waals surface area (Å²) >= 11 is 0. The average Bonchev–Trinajstić information content (AvgIpc) is 3.03. The van der Waals surface area contributed by atoms with E-state index < -0.39 is 17.8 Å². The van der Waals surface area contributed by atoms with Crippen LogP contribution < -0.4 is 5.32 Å². The zero-order valence-corrected chi connectivity index (χ0v) is 15.1. The van der Waals surface area contributed by atoms with Gasteiger partial charge in [0.05, 0.1) is 13.7 Å². The van der Waals surface area contributed by atoms with Gasteiger partial charge in [-0.3, -0.25) is 14.5 Å². The van der Waals surface area contributed by atoms with E-state index in [-0.39, 0.29) is 23.8 Å². The summed E-state index contributed by atoms with van der Waals surface area (Å²) in [6, 6.07) is 11.2. The van der Waals surface area contributed by atoms with Gasteiger partial charge in [0.25, 0.3) is 11.8 Å². The SMILES string of the molecule is C=C(NC(=O)C(=C)N1Cc2c(cccc2-c2cccc(F)c2)C1=O)C(=O)OC. The lowest BCUT2D eigenvalue weighted by Gasteiger charge is -2.18. The van der Waals surface area contributed by atoms with E-state index in [2.05, 4.69) is 23.2 Å². The highest BCUT2D eigenvalue weighted by atomic mass is 19.1. The Balaban J connectivity index is 1.87. The topological polar surface area (TPSA) is 75.7 Å². The number of nitrogens with zero attached hydrogens (tertiary/aromatic N) is 1. The van der Waals surface area contributed by atoms with Crippen LogP contribution in [0.4, 0.5) is 4.39 Å². The number of hydrogen-bond donors (Lipinski definition) is 1. The number of fused-ring (bicyclic) bond motifs is 1. The Kier molecular flexibility index (Phi) is 5.08. The van der Waals surface area contributed by atoms with Crippen LogP contribution in [0.25, 0.3) is 11.1 Å². The van der Waals surface area contributed by atoms with Crippen LogP contribution in [0.15, 0.2) is 67.0 Å². The molecule has 0 spiro atoms. The molecule has 2 aromatic rings. The third kappa shape index (κ3) is 3.42. The maximum absolute atomic E-state index is 13.6. The van der Waals surface area contributed by atoms with Gasteiger partial charge in [-0.05, 0) is 34.9 Å². The van der Waals surface area contributed by atoms with Crippen LogP contribution in [-0.2, 0) is 20.9 Å². The summed E-state index contributed by atoms with van der Waals surface area (Å²) in [7, 11) is 1.16. The fourth-order valence-electron chi connectivity index (χ4n) is 2.98. The van der Waals surface area contributed by atoms with Crippen molar-refractivity contribution in [3.05, 3.63) is 84.0 Å². The van der Waals surface area contributed by atoms with Crippen LogP contribution in [0.5, 0.6) is 0 Å². The zero-order chi connectivity index (χ0) is 20.4. The van der Waals surface area contributed by atoms with Crippen LogP contribution in [0.1, 0.15) is 15.9 Å². The highest BCUT2D eigenvalue weighted by Crippen LogP contribution is 2.34. The standard InChI is InChI=1S/C21H17FN2O4/c1-12(21(27)28-3)23-19(25)13(2)24-11-18-16(8-5-9-17(18)20(24)26)14-6-4-7-15(22)10-14/h4-10H,1-2,11H2,3H3,(H,23,25). The summed E-state index contributed by atoms with van der Waals surface area (Å²) in [6.45, 7) is 7.17. The smallest absolute Gasteiger partial charge is 0.353 e. The number of halogens is 1. The van der Waals surface area contributed by atoms with Gasteiger partial charge in [-0.1, -0.05) is 37.4 Å². The van der Waals surface area contributed by atoms with E-state index in [0.717, 1.165) is 7.11 Å². The Morgan fingerprint density at radius 1 is 1.14 bits per heavy atom. The van der Waals surface area contributed by atoms with Crippen LogP contribution >= 0.6 is 0 Å². The first-order valence-electron chi connectivity index (χ1n) is 8.30. The number of hydrogen-bond acceptors (Lipinski definition) is 4. The zero-order valence-electron chi connectivity index (χ0n) is 15.1. The van der Waals surface area contributed by atoms with Crippen molar-refractivity contribution >= 4 is 17.8 Å². The average molecular weight is 380 g/mol. The second kappa shape index (κ2) is 7.48. The van der Waals surface area contributed by atoms with E-state index in [1.165, 1.54) is 17.0 Å². The molecule has 0 fully saturated rings. The van der Waals surface area contributed by atoms with Crippen molar-refractivity contribution in [1.29, 1.82) is 0 Å². The van der Waals surface area contributed by atoms with E-state index in [0.29, 0.717) is 22.3 Å². The molecule has 28 heavy (non-hydrogen) atoms. The van der Waals surface area contributed by atoms with Gasteiger partial charge in [0.15, 0.2) is 0 Å². The summed E-state index contributed by atoms with van der Waals surface area (Å²) in [6.07, 6.45) is 0. The molecule has 7 heteroatoms. The van der Waals surface area contributed by atoms with Crippen LogP contribution in [0, 0.1) is 5.82 Å². The number of amides is 2. The Labute approximate surface area is 160 Å². The number of ether oxygens (including phenoxy) is 1. The first kappa shape index (κ1) is 19.0. The molecule has 0 saturated heterocycles. The fraction of sp³-hybridized carbons (Fsp3) is 0.0952. The predicted molar refractivity (Wildman–Crippen MR) is 100 cm³/mol. The number of methoxy groups -OCH3 is 1. The molecule has 3 rings (SSSR count). The lowest BCUT2D eigenvalue weighted by molar-refractivity contribution is -0.137. The van der Waals surface area contributed by atoms with Gasteiger partial charge in [0.2, 0.25) is 0 Å². The second-order valence-electron chi connectivity index (χ2n) is 6.10. The molecule has 1 aliphatic rings. The fourth-order valence-corrected chi connectivity index (χ4v) is 2.98. The number of carbonyl (C=O) groups excluding carboxylic acids is 3. The summed E-state index contributed by atoms with van der Waals surface area (Å²) in [4.78, 5) is 37.7. The van der Waals surface area contributed by atoms with Gasteiger partial charge in [0.1, 0.15) is 17.2 Å². The Morgan fingerprint density at radius 3 is 2.50 bits per heavy atom. The number of nitrogens with one attached hydrogen (secondary N) is 1. The van der Waals surface area contributed by atoms with Crippen molar-refractivity contribution in [3.63, 3.8) is 0 Å². The van der Waals surface area contributed by atoms with Gasteiger partial charge in [-0.2, -0.15) is 0 Å². The van der Waals surface area contributed by atoms with Crippen molar-refractivity contribution < 1.29 is 23.5 Å². The van der Waals surface area contributed by atoms with E-state index in [9.17, 15) is 18.8 Å². The van der Waals surface area contributed by atoms with Crippen molar-refractivity contribution in [3.8, 4) is 11.1 Å². The quantitative estimate of drug-likeness (QED) is 0.639. The molecule has 1 aliphatic heterocycles. The van der Waals surface area contributed by atoms with Gasteiger partial charge in [-0.25, -0.2) is 9.18 Å². The maximum Gasteiger partial charge on any atom is 0.353 e. The van der Waals surface area contributed by atoms with E-state index in [1.54, 1.807) is 30.3 Å². The molecular formula is C21H17FN2O4. The third-order valence-corrected chi connectivity index (χ3v) is 4.39. The molecule has 142 valence electrons. The Hall–Kier alpha value is -3.74. The molecule has 1 N–H and O–H groups in total. The molecule has 0 bridgehead atoms. The second-order valence-corrected chi connectivity index (χ2v) is 6.10. The molecule has 2 aromatic carbocycles. The molecule has 0 aromatic heterocycles. The van der Waals surface area contributed by atoms with E-state index >= 15 is 0 Å². The predicted octanol–water partition coefficient (Wildman–Crippen LogP) is 2.77. The molecule has 0 radical (unpaired) electrons. The van der Waals surface area contributed by atoms with Crippen LogP contribution in [0.3, 0.4) is 0 Å². The van der Waals surface area contributed by atoms with Crippen molar-refractivity contribution in [2.24, 2.45) is 0 Å². The van der Waals surface area contributed by atoms with Gasteiger partial charge >= 0.3 is 5.97 Å². The van der Waals surface area contributed by atoms with Crippen molar-refractivity contribution in [2.45, 2.75) is 6.54 Å². The van der Waals surface area contributed by atoms with Crippen LogP contribution in [0.2, 0.25) is 0 Å². The summed E-state index contributed by atoms with van der Waals surface area (Å²) in [5, 5.41) is 2.26. The lowest BCUT2D eigenvalue weighted by Crippen LogP contribution is -2.36. The number of esters is 1. The minimum atomic E-state index is -0.800. The molecule has 0 aliphatic carbocycles. The first-order valence-corrected chi connectivity index (χ1v) is 8.30. The van der Waals surface area contributed by atoms with Crippen molar-refractivity contribution in [1.82, 2.24) is 10.2 Å². The summed E-state index contributed by atoms with van der Waals surface area (Å²) in [5.74, 6) is -2.34. The minimum Gasteiger partial charge on any atom is -0.464 e. The molecule has 6 nitrogen and oxygen atoms in total. The monoisotopic (exact) mass is 380 g/mol.